The molecule has 0 aromatic rings. The molecular formula is C7H14N2. The van der Waals surface area contributed by atoms with E-state index in [0.717, 1.165) is 5.92 Å². The van der Waals surface area contributed by atoms with Crippen molar-refractivity contribution in [1.82, 2.24) is 0 Å². The monoisotopic (exact) mass is 126 g/mol. The van der Waals surface area contributed by atoms with E-state index in [1.165, 1.54) is 19.1 Å². The Balaban J connectivity index is 2.37. The molecule has 0 aromatic carbocycles. The third-order valence-electron chi connectivity index (χ3n) is 1.97. The van der Waals surface area contributed by atoms with Gasteiger partial charge in [0.2, 0.25) is 0 Å². The Kier molecular flexibility index (Phi) is 1.86. The fourth-order valence-electron chi connectivity index (χ4n) is 1.20. The van der Waals surface area contributed by atoms with Crippen LogP contribution in [0.2, 0.25) is 0 Å². The van der Waals surface area contributed by atoms with Gasteiger partial charge < -0.3 is 11.1 Å². The Bertz CT molecular complexity index is 103. The van der Waals surface area contributed by atoms with Crippen LogP contribution in [0.5, 0.6) is 0 Å². The maximum Gasteiger partial charge on any atom is 0.0112 e. The molecule has 0 amide bonds. The lowest BCUT2D eigenvalue weighted by Gasteiger charge is -2.13. The highest BCUT2D eigenvalue weighted by Gasteiger charge is 2.31. The maximum atomic E-state index is 7.06. The molecule has 52 valence electrons. The molecule has 2 heteroatoms. The summed E-state index contributed by atoms with van der Waals surface area (Å²) >= 11 is 0. The van der Waals surface area contributed by atoms with Crippen LogP contribution in [0.25, 0.3) is 0 Å². The summed E-state index contributed by atoms with van der Waals surface area (Å²) < 4.78 is 0. The maximum absolute atomic E-state index is 7.06. The van der Waals surface area contributed by atoms with Gasteiger partial charge in [-0.2, -0.15) is 0 Å². The quantitative estimate of drug-likeness (QED) is 0.545. The molecule has 2 atom stereocenters. The summed E-state index contributed by atoms with van der Waals surface area (Å²) in [5.41, 5.74) is 5.64. The topological polar surface area (TPSA) is 49.9 Å². The Morgan fingerprint density at radius 1 is 1.67 bits per heavy atom. The highest BCUT2D eigenvalue weighted by atomic mass is 14.7. The van der Waals surface area contributed by atoms with Gasteiger partial charge in [-0.05, 0) is 25.7 Å². The van der Waals surface area contributed by atoms with Gasteiger partial charge >= 0.3 is 0 Å². The van der Waals surface area contributed by atoms with Crippen molar-refractivity contribution in [3.63, 3.8) is 0 Å². The molecule has 1 saturated carbocycles. The van der Waals surface area contributed by atoms with Crippen molar-refractivity contribution >= 4 is 6.21 Å². The number of nitrogens with one attached hydrogen (secondary N) is 1. The molecule has 1 aliphatic rings. The highest BCUT2D eigenvalue weighted by molar-refractivity contribution is 5.59. The van der Waals surface area contributed by atoms with Crippen molar-refractivity contribution in [3.8, 4) is 0 Å². The molecule has 0 aliphatic heterocycles. The Morgan fingerprint density at radius 2 is 2.22 bits per heavy atom. The molecule has 0 saturated heterocycles. The van der Waals surface area contributed by atoms with Gasteiger partial charge in [-0.15, -0.1) is 0 Å². The third kappa shape index (κ3) is 1.52. The summed E-state index contributed by atoms with van der Waals surface area (Å²) in [6.45, 7) is 1.98. The summed E-state index contributed by atoms with van der Waals surface area (Å²) in [4.78, 5) is 0. The molecule has 3 N–H and O–H groups in total. The predicted octanol–water partition coefficient (Wildman–Crippen LogP) is 1.01. The zero-order valence-electron chi connectivity index (χ0n) is 5.80. The molecule has 2 unspecified atom stereocenters. The van der Waals surface area contributed by atoms with Crippen molar-refractivity contribution in [2.45, 2.75) is 25.8 Å². The number of hydrogen-bond acceptors (Lipinski definition) is 2. The van der Waals surface area contributed by atoms with E-state index in [4.69, 9.17) is 11.1 Å². The van der Waals surface area contributed by atoms with Gasteiger partial charge in [-0.1, -0.05) is 0 Å². The highest BCUT2D eigenvalue weighted by Crippen LogP contribution is 2.36. The van der Waals surface area contributed by atoms with Crippen LogP contribution in [0.15, 0.2) is 0 Å². The SMILES string of the molecule is CC(N)C(C=N)C1CC1. The van der Waals surface area contributed by atoms with Crippen LogP contribution >= 0.6 is 0 Å². The average Bonchev–Trinajstić information content (AvgIpc) is 2.50. The van der Waals surface area contributed by atoms with Gasteiger partial charge in [0, 0.05) is 18.2 Å². The number of nitrogens with two attached hydrogens (primary N) is 1. The fraction of sp³-hybridized carbons (Fsp3) is 0.857. The van der Waals surface area contributed by atoms with E-state index < -0.39 is 0 Å². The van der Waals surface area contributed by atoms with Crippen LogP contribution in [0.4, 0.5) is 0 Å². The van der Waals surface area contributed by atoms with E-state index in [1.807, 2.05) is 6.92 Å². The molecule has 0 radical (unpaired) electrons. The van der Waals surface area contributed by atoms with Crippen molar-refractivity contribution in [2.75, 3.05) is 0 Å². The van der Waals surface area contributed by atoms with E-state index in [1.54, 1.807) is 0 Å². The lowest BCUT2D eigenvalue weighted by Crippen LogP contribution is -2.28. The van der Waals surface area contributed by atoms with Gasteiger partial charge in [-0.3, -0.25) is 0 Å². The molecule has 9 heavy (non-hydrogen) atoms. The van der Waals surface area contributed by atoms with E-state index >= 15 is 0 Å². The van der Waals surface area contributed by atoms with Crippen molar-refractivity contribution in [3.05, 3.63) is 0 Å². The first kappa shape index (κ1) is 6.75. The summed E-state index contributed by atoms with van der Waals surface area (Å²) in [6.07, 6.45) is 4.06. The van der Waals surface area contributed by atoms with Crippen molar-refractivity contribution in [1.29, 1.82) is 5.41 Å². The second-order valence-corrected chi connectivity index (χ2v) is 2.94. The van der Waals surface area contributed by atoms with Gasteiger partial charge in [0.25, 0.3) is 0 Å². The molecule has 0 heterocycles. The standard InChI is InChI=1S/C7H14N2/c1-5(9)7(4-8)6-2-3-6/h4-8H,2-3,9H2,1H3. The van der Waals surface area contributed by atoms with E-state index in [9.17, 15) is 0 Å². The second kappa shape index (κ2) is 2.48. The molecule has 1 rings (SSSR count). The predicted molar refractivity (Wildman–Crippen MR) is 38.6 cm³/mol. The average molecular weight is 126 g/mol. The zero-order chi connectivity index (χ0) is 6.85. The molecular weight excluding hydrogens is 112 g/mol. The summed E-state index contributed by atoms with van der Waals surface area (Å²) in [5.74, 6) is 1.09. The van der Waals surface area contributed by atoms with Crippen molar-refractivity contribution < 1.29 is 0 Å². The number of rotatable bonds is 3. The molecule has 0 aromatic heterocycles. The normalized spacial score (nSPS) is 25.1. The fourth-order valence-corrected chi connectivity index (χ4v) is 1.20. The molecule has 0 bridgehead atoms. The first-order chi connectivity index (χ1) is 4.25. The smallest absolute Gasteiger partial charge is 0.0112 e. The van der Waals surface area contributed by atoms with Crippen LogP contribution in [0, 0.1) is 17.2 Å². The van der Waals surface area contributed by atoms with Gasteiger partial charge in [-0.25, -0.2) is 0 Å². The van der Waals surface area contributed by atoms with E-state index in [-0.39, 0.29) is 6.04 Å². The minimum Gasteiger partial charge on any atom is -0.327 e. The van der Waals surface area contributed by atoms with Crippen LogP contribution in [0.3, 0.4) is 0 Å². The van der Waals surface area contributed by atoms with Crippen molar-refractivity contribution in [2.24, 2.45) is 17.6 Å². The van der Waals surface area contributed by atoms with Crippen LogP contribution in [-0.4, -0.2) is 12.3 Å². The summed E-state index contributed by atoms with van der Waals surface area (Å²) in [5, 5.41) is 7.06. The van der Waals surface area contributed by atoms with Gasteiger partial charge in [0.15, 0.2) is 0 Å². The minimum atomic E-state index is 0.176. The molecule has 1 fully saturated rings. The van der Waals surface area contributed by atoms with Gasteiger partial charge in [0.1, 0.15) is 0 Å². The van der Waals surface area contributed by atoms with Gasteiger partial charge in [0.05, 0.1) is 0 Å². The van der Waals surface area contributed by atoms with E-state index in [2.05, 4.69) is 0 Å². The molecule has 0 spiro atoms. The Hall–Kier alpha value is -0.370. The van der Waals surface area contributed by atoms with Crippen LogP contribution in [0.1, 0.15) is 19.8 Å². The lowest BCUT2D eigenvalue weighted by molar-refractivity contribution is 0.515. The second-order valence-electron chi connectivity index (χ2n) is 2.94. The first-order valence-corrected chi connectivity index (χ1v) is 3.52. The largest absolute Gasteiger partial charge is 0.327 e. The Labute approximate surface area is 55.9 Å². The molecule has 1 aliphatic carbocycles. The first-order valence-electron chi connectivity index (χ1n) is 3.52. The van der Waals surface area contributed by atoms with Crippen LogP contribution < -0.4 is 5.73 Å². The molecule has 2 nitrogen and oxygen atoms in total. The number of hydrogen-bond donors (Lipinski definition) is 2. The third-order valence-corrected chi connectivity index (χ3v) is 1.97. The summed E-state index contributed by atoms with van der Waals surface area (Å²) in [7, 11) is 0. The van der Waals surface area contributed by atoms with Crippen LogP contribution in [-0.2, 0) is 0 Å². The summed E-state index contributed by atoms with van der Waals surface area (Å²) in [6, 6.07) is 0.176. The zero-order valence-corrected chi connectivity index (χ0v) is 5.80. The Morgan fingerprint density at radius 3 is 2.33 bits per heavy atom. The minimum absolute atomic E-state index is 0.176. The lowest BCUT2D eigenvalue weighted by atomic mass is 9.98. The van der Waals surface area contributed by atoms with E-state index in [0.29, 0.717) is 5.92 Å².